The fourth-order valence-corrected chi connectivity index (χ4v) is 6.10. The molecular formula is C29H29N5O6. The highest BCUT2D eigenvalue weighted by atomic mass is 16.5. The number of carbonyl (C=O) groups is 1. The van der Waals surface area contributed by atoms with Crippen LogP contribution in [0.3, 0.4) is 0 Å². The van der Waals surface area contributed by atoms with E-state index in [0.717, 1.165) is 17.3 Å². The number of para-hydroxylation sites is 1. The summed E-state index contributed by atoms with van der Waals surface area (Å²) in [5.41, 5.74) is 3.25. The number of aromatic hydroxyl groups is 1. The van der Waals surface area contributed by atoms with Crippen LogP contribution in [-0.4, -0.2) is 67.6 Å². The second-order valence-electron chi connectivity index (χ2n) is 10.7. The molecule has 0 radical (unpaired) electrons. The molecule has 2 N–H and O–H groups in total. The van der Waals surface area contributed by atoms with E-state index in [1.54, 1.807) is 24.0 Å². The number of aryl methyl sites for hydroxylation is 1. The van der Waals surface area contributed by atoms with Gasteiger partial charge in [-0.1, -0.05) is 19.1 Å². The first kappa shape index (κ1) is 24.6. The number of benzene rings is 2. The zero-order valence-electron chi connectivity index (χ0n) is 22.1. The summed E-state index contributed by atoms with van der Waals surface area (Å²) in [6.45, 7) is 5.45. The maximum Gasteiger partial charge on any atom is 0.326 e. The number of ether oxygens (including phenoxy) is 2. The minimum atomic E-state index is -0.969. The van der Waals surface area contributed by atoms with Crippen LogP contribution in [0.4, 0.5) is 5.82 Å². The Kier molecular flexibility index (Phi) is 5.77. The van der Waals surface area contributed by atoms with Crippen LogP contribution in [0, 0.1) is 12.8 Å². The van der Waals surface area contributed by atoms with Crippen LogP contribution >= 0.6 is 0 Å². The van der Waals surface area contributed by atoms with Gasteiger partial charge in [-0.25, -0.2) is 14.8 Å². The second-order valence-corrected chi connectivity index (χ2v) is 10.7. The molecule has 2 saturated heterocycles. The largest absolute Gasteiger partial charge is 0.508 e. The number of imidazole rings is 1. The Hall–Kier alpha value is -4.38. The molecule has 2 aliphatic rings. The van der Waals surface area contributed by atoms with Crippen molar-refractivity contribution in [3.05, 3.63) is 48.3 Å². The van der Waals surface area contributed by atoms with E-state index in [1.807, 2.05) is 30.3 Å². The average molecular weight is 544 g/mol. The van der Waals surface area contributed by atoms with Crippen LogP contribution in [0.5, 0.6) is 11.8 Å². The molecule has 11 nitrogen and oxygen atoms in total. The van der Waals surface area contributed by atoms with E-state index in [0.29, 0.717) is 53.1 Å². The summed E-state index contributed by atoms with van der Waals surface area (Å²) in [4.78, 5) is 28.2. The maximum atomic E-state index is 12.5. The maximum absolute atomic E-state index is 12.5. The van der Waals surface area contributed by atoms with Gasteiger partial charge in [0.15, 0.2) is 11.4 Å². The Morgan fingerprint density at radius 1 is 1.15 bits per heavy atom. The molecule has 2 aromatic carbocycles. The van der Waals surface area contributed by atoms with Gasteiger partial charge in [-0.3, -0.25) is 4.57 Å². The predicted molar refractivity (Wildman–Crippen MR) is 147 cm³/mol. The van der Waals surface area contributed by atoms with E-state index in [1.165, 1.54) is 0 Å². The number of hydrogen-bond donors (Lipinski definition) is 2. The lowest BCUT2D eigenvalue weighted by Crippen LogP contribution is -2.37. The van der Waals surface area contributed by atoms with Crippen molar-refractivity contribution in [1.82, 2.24) is 19.5 Å². The fourth-order valence-electron chi connectivity index (χ4n) is 6.10. The summed E-state index contributed by atoms with van der Waals surface area (Å²) < 4.78 is 20.4. The molecule has 11 heteroatoms. The Balaban J connectivity index is 1.28. The van der Waals surface area contributed by atoms with Gasteiger partial charge in [0.2, 0.25) is 0 Å². The van der Waals surface area contributed by atoms with Crippen molar-refractivity contribution in [2.45, 2.75) is 44.9 Å². The third kappa shape index (κ3) is 4.00. The van der Waals surface area contributed by atoms with Gasteiger partial charge >= 0.3 is 5.97 Å². The molecule has 40 heavy (non-hydrogen) atoms. The van der Waals surface area contributed by atoms with Crippen molar-refractivity contribution in [3.8, 4) is 11.8 Å². The van der Waals surface area contributed by atoms with Crippen LogP contribution < -0.4 is 9.64 Å². The number of hydrogen-bond acceptors (Lipinski definition) is 9. The lowest BCUT2D eigenvalue weighted by molar-refractivity contribution is -0.138. The first-order chi connectivity index (χ1) is 19.4. The number of rotatable bonds is 5. The number of fused-ring (bicyclic) bond motifs is 4. The molecule has 7 rings (SSSR count). The number of phenolic OH excluding ortho intramolecular Hbond substituents is 1. The molecule has 0 amide bonds. The smallest absolute Gasteiger partial charge is 0.326 e. The summed E-state index contributed by atoms with van der Waals surface area (Å²) >= 11 is 0. The molecule has 0 bridgehead atoms. The van der Waals surface area contributed by atoms with E-state index >= 15 is 0 Å². The summed E-state index contributed by atoms with van der Waals surface area (Å²) in [5.74, 6) is 0.338. The SMILES string of the molecule is Cc1nc(N2C[C@@H](Oc3nc4cc(O)ccc4n3[C@H]3CCOC[C@@H]3C)C[C@H]2C(=O)O)c2oc3ccccc3c2n1. The van der Waals surface area contributed by atoms with Crippen molar-refractivity contribution in [1.29, 1.82) is 0 Å². The van der Waals surface area contributed by atoms with Crippen LogP contribution in [0.25, 0.3) is 33.1 Å². The number of carboxylic acid groups (broad SMARTS) is 1. The summed E-state index contributed by atoms with van der Waals surface area (Å²) in [5, 5.41) is 21.2. The molecule has 2 aliphatic heterocycles. The highest BCUT2D eigenvalue weighted by molar-refractivity contribution is 6.06. The molecular weight excluding hydrogens is 514 g/mol. The Morgan fingerprint density at radius 3 is 2.83 bits per heavy atom. The lowest BCUT2D eigenvalue weighted by Gasteiger charge is -2.31. The topological polar surface area (TPSA) is 136 Å². The molecule has 5 aromatic rings. The first-order valence-electron chi connectivity index (χ1n) is 13.5. The normalized spacial score (nSPS) is 23.4. The number of aliphatic carboxylic acids is 1. The highest BCUT2D eigenvalue weighted by Crippen LogP contribution is 2.39. The Labute approximate surface area is 229 Å². The minimum absolute atomic E-state index is 0.0887. The lowest BCUT2D eigenvalue weighted by atomic mass is 9.97. The molecule has 3 aromatic heterocycles. The quantitative estimate of drug-likeness (QED) is 0.327. The van der Waals surface area contributed by atoms with Gasteiger partial charge in [0.05, 0.1) is 24.2 Å². The number of nitrogens with zero attached hydrogens (tertiary/aromatic N) is 5. The Bertz CT molecular complexity index is 1760. The molecule has 206 valence electrons. The highest BCUT2D eigenvalue weighted by Gasteiger charge is 2.41. The molecule has 0 unspecified atom stereocenters. The molecule has 0 spiro atoms. The van der Waals surface area contributed by atoms with Crippen LogP contribution in [0.15, 0.2) is 46.9 Å². The van der Waals surface area contributed by atoms with E-state index in [9.17, 15) is 15.0 Å². The third-order valence-corrected chi connectivity index (χ3v) is 7.97. The minimum Gasteiger partial charge on any atom is -0.508 e. The molecule has 0 aliphatic carbocycles. The van der Waals surface area contributed by atoms with E-state index in [2.05, 4.69) is 21.5 Å². The second kappa shape index (κ2) is 9.37. The van der Waals surface area contributed by atoms with Gasteiger partial charge in [0.25, 0.3) is 6.01 Å². The number of furan rings is 1. The average Bonchev–Trinajstić information content (AvgIpc) is 3.62. The number of anilines is 1. The fraction of sp³-hybridized carbons (Fsp3) is 0.379. The number of carboxylic acids is 1. The summed E-state index contributed by atoms with van der Waals surface area (Å²) in [7, 11) is 0. The molecule has 2 fully saturated rings. The Morgan fingerprint density at radius 2 is 2.00 bits per heavy atom. The van der Waals surface area contributed by atoms with Crippen molar-refractivity contribution in [2.24, 2.45) is 5.92 Å². The van der Waals surface area contributed by atoms with Crippen LogP contribution in [0.2, 0.25) is 0 Å². The standard InChI is InChI=1S/C29H29N5O6/c1-15-14-38-10-9-21(15)34-22-8-7-17(35)11-20(22)32-29(34)39-18-12-23(28(36)37)33(13-18)27-26-25(30-16(2)31-27)19-5-3-4-6-24(19)40-26/h3-8,11,15,18,21,23,35H,9-10,12-14H2,1-2H3,(H,36,37)/t15-,18-,21-,23-/m0/s1. The van der Waals surface area contributed by atoms with E-state index in [-0.39, 0.29) is 30.7 Å². The summed E-state index contributed by atoms with van der Waals surface area (Å²) in [6.07, 6.45) is 0.552. The van der Waals surface area contributed by atoms with Gasteiger partial charge in [-0.15, -0.1) is 0 Å². The third-order valence-electron chi connectivity index (χ3n) is 7.97. The van der Waals surface area contributed by atoms with Gasteiger partial charge in [0.1, 0.15) is 34.8 Å². The molecule has 0 saturated carbocycles. The van der Waals surface area contributed by atoms with Crippen LogP contribution in [-0.2, 0) is 9.53 Å². The molecule has 5 heterocycles. The van der Waals surface area contributed by atoms with E-state index in [4.69, 9.17) is 18.9 Å². The van der Waals surface area contributed by atoms with Crippen molar-refractivity contribution < 1.29 is 28.9 Å². The van der Waals surface area contributed by atoms with Gasteiger partial charge in [-0.05, 0) is 37.6 Å². The predicted octanol–water partition coefficient (Wildman–Crippen LogP) is 4.45. The van der Waals surface area contributed by atoms with Crippen molar-refractivity contribution in [2.75, 3.05) is 24.7 Å². The van der Waals surface area contributed by atoms with E-state index < -0.39 is 18.1 Å². The van der Waals surface area contributed by atoms with Crippen molar-refractivity contribution in [3.63, 3.8) is 0 Å². The molecule has 4 atom stereocenters. The number of phenols is 1. The van der Waals surface area contributed by atoms with Gasteiger partial charge < -0.3 is 29.0 Å². The monoisotopic (exact) mass is 543 g/mol. The zero-order valence-corrected chi connectivity index (χ0v) is 22.1. The van der Waals surface area contributed by atoms with Gasteiger partial charge in [-0.2, -0.15) is 4.98 Å². The van der Waals surface area contributed by atoms with Gasteiger partial charge in [0, 0.05) is 36.4 Å². The van der Waals surface area contributed by atoms with Crippen LogP contribution in [0.1, 0.15) is 31.6 Å². The number of aromatic nitrogens is 4. The zero-order chi connectivity index (χ0) is 27.5. The summed E-state index contributed by atoms with van der Waals surface area (Å²) in [6, 6.07) is 12.3. The first-order valence-corrected chi connectivity index (χ1v) is 13.5. The van der Waals surface area contributed by atoms with Crippen molar-refractivity contribution >= 4 is 44.9 Å².